The highest BCUT2D eigenvalue weighted by atomic mass is 16.5. The topological polar surface area (TPSA) is 46.5 Å². The maximum atomic E-state index is 11.3. The number of carboxylic acids is 1. The van der Waals surface area contributed by atoms with Gasteiger partial charge in [-0.2, -0.15) is 0 Å². The van der Waals surface area contributed by atoms with Crippen LogP contribution in [0.2, 0.25) is 0 Å². The highest BCUT2D eigenvalue weighted by molar-refractivity contribution is 5.98. The first-order valence-corrected chi connectivity index (χ1v) is 7.08. The number of hydrogen-bond acceptors (Lipinski definition) is 2. The molecule has 3 rings (SSSR count). The van der Waals surface area contributed by atoms with Crippen molar-refractivity contribution in [2.24, 2.45) is 0 Å². The van der Waals surface area contributed by atoms with E-state index in [2.05, 4.69) is 0 Å². The lowest BCUT2D eigenvalue weighted by molar-refractivity contribution is 0.0696. The molecule has 3 aromatic carbocycles. The standard InChI is InChI=1S/C19H16O3/c1-13-6-5-9-16-17(13)10-15(19(20)21)11-18(16)22-12-14-7-3-2-4-8-14/h2-11H,12H2,1H3,(H,20,21). The third-order valence-corrected chi connectivity index (χ3v) is 3.66. The molecule has 0 atom stereocenters. The first-order valence-electron chi connectivity index (χ1n) is 7.08. The Morgan fingerprint density at radius 3 is 2.50 bits per heavy atom. The van der Waals surface area contributed by atoms with Gasteiger partial charge in [-0.3, -0.25) is 0 Å². The van der Waals surface area contributed by atoms with Crippen molar-refractivity contribution in [1.82, 2.24) is 0 Å². The van der Waals surface area contributed by atoms with Gasteiger partial charge in [0.2, 0.25) is 0 Å². The maximum absolute atomic E-state index is 11.3. The zero-order chi connectivity index (χ0) is 15.5. The molecule has 0 radical (unpaired) electrons. The minimum Gasteiger partial charge on any atom is -0.488 e. The van der Waals surface area contributed by atoms with Crippen LogP contribution in [0.3, 0.4) is 0 Å². The lowest BCUT2D eigenvalue weighted by Crippen LogP contribution is -2.01. The second kappa shape index (κ2) is 5.90. The molecule has 0 saturated heterocycles. The molecule has 1 N–H and O–H groups in total. The Labute approximate surface area is 128 Å². The number of aromatic carboxylic acids is 1. The van der Waals surface area contributed by atoms with Gasteiger partial charge < -0.3 is 9.84 Å². The fourth-order valence-electron chi connectivity index (χ4n) is 2.48. The lowest BCUT2D eigenvalue weighted by atomic mass is 10.0. The minimum atomic E-state index is -0.949. The summed E-state index contributed by atoms with van der Waals surface area (Å²) in [4.78, 5) is 11.3. The molecule has 0 aliphatic carbocycles. The summed E-state index contributed by atoms with van der Waals surface area (Å²) in [5.41, 5.74) is 2.32. The second-order valence-corrected chi connectivity index (χ2v) is 5.22. The fourth-order valence-corrected chi connectivity index (χ4v) is 2.48. The van der Waals surface area contributed by atoms with Crippen LogP contribution in [0.5, 0.6) is 5.75 Å². The molecule has 0 aromatic heterocycles. The highest BCUT2D eigenvalue weighted by Gasteiger charge is 2.11. The molecule has 110 valence electrons. The molecule has 0 unspecified atom stereocenters. The van der Waals surface area contributed by atoms with Gasteiger partial charge in [0.1, 0.15) is 12.4 Å². The Morgan fingerprint density at radius 1 is 1.00 bits per heavy atom. The number of carbonyl (C=O) groups is 1. The number of hydrogen-bond donors (Lipinski definition) is 1. The summed E-state index contributed by atoms with van der Waals surface area (Å²) in [6.45, 7) is 2.38. The van der Waals surface area contributed by atoms with E-state index >= 15 is 0 Å². The largest absolute Gasteiger partial charge is 0.488 e. The Balaban J connectivity index is 2.03. The van der Waals surface area contributed by atoms with Crippen molar-refractivity contribution in [3.8, 4) is 5.75 Å². The third-order valence-electron chi connectivity index (χ3n) is 3.66. The van der Waals surface area contributed by atoms with Gasteiger partial charge in [0.15, 0.2) is 0 Å². The number of fused-ring (bicyclic) bond motifs is 1. The first kappa shape index (κ1) is 14.1. The number of ether oxygens (including phenoxy) is 1. The van der Waals surface area contributed by atoms with Crippen molar-refractivity contribution >= 4 is 16.7 Å². The van der Waals surface area contributed by atoms with E-state index in [0.717, 1.165) is 21.9 Å². The van der Waals surface area contributed by atoms with Crippen molar-refractivity contribution in [1.29, 1.82) is 0 Å². The molecule has 0 saturated carbocycles. The molecule has 0 aliphatic heterocycles. The third kappa shape index (κ3) is 2.79. The van der Waals surface area contributed by atoms with E-state index in [1.165, 1.54) is 0 Å². The van der Waals surface area contributed by atoms with Crippen molar-refractivity contribution in [2.45, 2.75) is 13.5 Å². The van der Waals surface area contributed by atoms with Gasteiger partial charge in [0, 0.05) is 5.39 Å². The zero-order valence-electron chi connectivity index (χ0n) is 12.2. The average Bonchev–Trinajstić information content (AvgIpc) is 2.54. The molecule has 0 spiro atoms. The summed E-state index contributed by atoms with van der Waals surface area (Å²) < 4.78 is 5.89. The Kier molecular flexibility index (Phi) is 3.79. The van der Waals surface area contributed by atoms with Crippen LogP contribution in [0.25, 0.3) is 10.8 Å². The van der Waals surface area contributed by atoms with Crippen LogP contribution in [0, 0.1) is 6.92 Å². The normalized spacial score (nSPS) is 10.6. The molecular formula is C19H16O3. The van der Waals surface area contributed by atoms with Gasteiger partial charge in [0.25, 0.3) is 0 Å². The van der Waals surface area contributed by atoms with Crippen molar-refractivity contribution < 1.29 is 14.6 Å². The van der Waals surface area contributed by atoms with Crippen LogP contribution in [0.1, 0.15) is 21.5 Å². The molecule has 0 fully saturated rings. The molecule has 3 aromatic rings. The summed E-state index contributed by atoms with van der Waals surface area (Å²) in [5, 5.41) is 11.1. The van der Waals surface area contributed by atoms with E-state index in [0.29, 0.717) is 12.4 Å². The Morgan fingerprint density at radius 2 is 1.77 bits per heavy atom. The molecule has 3 heteroatoms. The number of carboxylic acid groups (broad SMARTS) is 1. The fraction of sp³-hybridized carbons (Fsp3) is 0.105. The van der Waals surface area contributed by atoms with E-state index in [9.17, 15) is 9.90 Å². The molecule has 0 bridgehead atoms. The van der Waals surface area contributed by atoms with Crippen LogP contribution in [-0.4, -0.2) is 11.1 Å². The van der Waals surface area contributed by atoms with E-state index in [4.69, 9.17) is 4.74 Å². The van der Waals surface area contributed by atoms with Gasteiger partial charge in [-0.25, -0.2) is 4.79 Å². The van der Waals surface area contributed by atoms with Crippen molar-refractivity contribution in [3.63, 3.8) is 0 Å². The number of rotatable bonds is 4. The minimum absolute atomic E-state index is 0.241. The van der Waals surface area contributed by atoms with E-state index < -0.39 is 5.97 Å². The predicted molar refractivity (Wildman–Crippen MR) is 86.4 cm³/mol. The summed E-state index contributed by atoms with van der Waals surface area (Å²) >= 11 is 0. The lowest BCUT2D eigenvalue weighted by Gasteiger charge is -2.12. The smallest absolute Gasteiger partial charge is 0.335 e. The van der Waals surface area contributed by atoms with Crippen molar-refractivity contribution in [3.05, 3.63) is 77.4 Å². The zero-order valence-corrected chi connectivity index (χ0v) is 12.2. The van der Waals surface area contributed by atoms with E-state index in [1.54, 1.807) is 12.1 Å². The van der Waals surface area contributed by atoms with Gasteiger partial charge in [-0.05, 0) is 35.6 Å². The number of benzene rings is 3. The molecule has 0 heterocycles. The van der Waals surface area contributed by atoms with E-state index in [1.807, 2.05) is 55.5 Å². The average molecular weight is 292 g/mol. The Hall–Kier alpha value is -2.81. The summed E-state index contributed by atoms with van der Waals surface area (Å²) in [6, 6.07) is 19.0. The van der Waals surface area contributed by atoms with Crippen LogP contribution in [-0.2, 0) is 6.61 Å². The molecular weight excluding hydrogens is 276 g/mol. The van der Waals surface area contributed by atoms with Crippen LogP contribution in [0.15, 0.2) is 60.7 Å². The summed E-state index contributed by atoms with van der Waals surface area (Å²) in [5.74, 6) is -0.350. The highest BCUT2D eigenvalue weighted by Crippen LogP contribution is 2.30. The van der Waals surface area contributed by atoms with Crippen LogP contribution < -0.4 is 4.74 Å². The van der Waals surface area contributed by atoms with Gasteiger partial charge >= 0.3 is 5.97 Å². The first-order chi connectivity index (χ1) is 10.6. The molecule has 22 heavy (non-hydrogen) atoms. The molecule has 0 amide bonds. The van der Waals surface area contributed by atoms with E-state index in [-0.39, 0.29) is 5.56 Å². The molecule has 3 nitrogen and oxygen atoms in total. The number of aryl methyl sites for hydroxylation is 1. The van der Waals surface area contributed by atoms with Gasteiger partial charge in [0.05, 0.1) is 5.56 Å². The molecule has 0 aliphatic rings. The van der Waals surface area contributed by atoms with Crippen molar-refractivity contribution in [2.75, 3.05) is 0 Å². The summed E-state index contributed by atoms with van der Waals surface area (Å²) in [7, 11) is 0. The Bertz CT molecular complexity index is 823. The quantitative estimate of drug-likeness (QED) is 0.774. The van der Waals surface area contributed by atoms with Crippen LogP contribution in [0.4, 0.5) is 0 Å². The maximum Gasteiger partial charge on any atom is 0.335 e. The summed E-state index contributed by atoms with van der Waals surface area (Å²) in [6.07, 6.45) is 0. The SMILES string of the molecule is Cc1cccc2c(OCc3ccccc3)cc(C(=O)O)cc12. The second-order valence-electron chi connectivity index (χ2n) is 5.22. The monoisotopic (exact) mass is 292 g/mol. The predicted octanol–water partition coefficient (Wildman–Crippen LogP) is 4.43. The van der Waals surface area contributed by atoms with Crippen LogP contribution >= 0.6 is 0 Å². The van der Waals surface area contributed by atoms with Gasteiger partial charge in [-0.1, -0.05) is 48.5 Å². The van der Waals surface area contributed by atoms with Gasteiger partial charge in [-0.15, -0.1) is 0 Å².